The molecular weight excluding hydrogens is 284 g/mol. The molecule has 0 radical (unpaired) electrons. The second-order valence-electron chi connectivity index (χ2n) is 5.31. The monoisotopic (exact) mass is 308 g/mol. The van der Waals surface area contributed by atoms with Crippen molar-refractivity contribution in [2.24, 2.45) is 0 Å². The van der Waals surface area contributed by atoms with E-state index >= 15 is 0 Å². The number of carboxylic acid groups (broad SMARTS) is 1. The van der Waals surface area contributed by atoms with Gasteiger partial charge in [0.2, 0.25) is 0 Å². The molecule has 1 rings (SSSR count). The molecule has 1 atom stereocenters. The second kappa shape index (κ2) is 10.8. The molecule has 0 saturated carbocycles. The number of unbranched alkanes of at least 4 members (excludes halogenated alkanes) is 4. The third-order valence-corrected chi connectivity index (χ3v) is 3.36. The summed E-state index contributed by atoms with van der Waals surface area (Å²) in [5.41, 5.74) is 0.890. The Balaban J connectivity index is 2.05. The van der Waals surface area contributed by atoms with Crippen LogP contribution in [0.25, 0.3) is 0 Å². The fraction of sp³-hybridized carbons (Fsp3) is 0.529. The first kappa shape index (κ1) is 18.2. The standard InChI is InChI=1S/C17H24O5/c18-15(11-7-2-1-3-8-12-16(19)20)17(21)22-13-14-9-5-4-6-10-14/h4-6,9-10,15,18H,1-3,7-8,11-13H2,(H,19,20). The van der Waals surface area contributed by atoms with Crippen molar-refractivity contribution in [3.05, 3.63) is 35.9 Å². The zero-order chi connectivity index (χ0) is 16.2. The first-order valence-corrected chi connectivity index (χ1v) is 7.70. The SMILES string of the molecule is O=C(O)CCCCCCCC(O)C(=O)OCc1ccccc1. The molecule has 0 aliphatic heterocycles. The fourth-order valence-corrected chi connectivity index (χ4v) is 2.09. The highest BCUT2D eigenvalue weighted by Gasteiger charge is 2.15. The van der Waals surface area contributed by atoms with Gasteiger partial charge in [-0.15, -0.1) is 0 Å². The maximum Gasteiger partial charge on any atom is 0.335 e. The highest BCUT2D eigenvalue weighted by Crippen LogP contribution is 2.10. The number of carbonyl (C=O) groups is 2. The second-order valence-corrected chi connectivity index (χ2v) is 5.31. The van der Waals surface area contributed by atoms with Gasteiger partial charge in [-0.2, -0.15) is 0 Å². The Morgan fingerprint density at radius 2 is 1.64 bits per heavy atom. The van der Waals surface area contributed by atoms with E-state index in [1.165, 1.54) is 0 Å². The number of benzene rings is 1. The van der Waals surface area contributed by atoms with Gasteiger partial charge in [-0.1, -0.05) is 56.0 Å². The Hall–Kier alpha value is -1.88. The maximum atomic E-state index is 11.6. The number of esters is 1. The Kier molecular flexibility index (Phi) is 8.91. The van der Waals surface area contributed by atoms with Crippen LogP contribution in [0, 0.1) is 0 Å². The summed E-state index contributed by atoms with van der Waals surface area (Å²) in [6.45, 7) is 0.173. The van der Waals surface area contributed by atoms with Gasteiger partial charge in [-0.3, -0.25) is 4.79 Å². The van der Waals surface area contributed by atoms with E-state index in [2.05, 4.69) is 0 Å². The van der Waals surface area contributed by atoms with Gasteiger partial charge < -0.3 is 14.9 Å². The van der Waals surface area contributed by atoms with Crippen molar-refractivity contribution in [2.45, 2.75) is 57.7 Å². The average molecular weight is 308 g/mol. The molecule has 22 heavy (non-hydrogen) atoms. The Bertz CT molecular complexity index is 444. The van der Waals surface area contributed by atoms with Gasteiger partial charge in [-0.25, -0.2) is 4.79 Å². The van der Waals surface area contributed by atoms with Gasteiger partial charge in [0.1, 0.15) is 6.61 Å². The van der Waals surface area contributed by atoms with Crippen LogP contribution in [-0.2, 0) is 20.9 Å². The third kappa shape index (κ3) is 8.42. The maximum absolute atomic E-state index is 11.6. The molecule has 0 aromatic heterocycles. The molecule has 1 aromatic rings. The van der Waals surface area contributed by atoms with E-state index < -0.39 is 18.0 Å². The van der Waals surface area contributed by atoms with Gasteiger partial charge in [-0.05, 0) is 18.4 Å². The van der Waals surface area contributed by atoms with Crippen molar-refractivity contribution in [3.63, 3.8) is 0 Å². The smallest absolute Gasteiger partial charge is 0.335 e. The summed E-state index contributed by atoms with van der Waals surface area (Å²) in [5, 5.41) is 18.2. The number of aliphatic carboxylic acids is 1. The Morgan fingerprint density at radius 1 is 1.00 bits per heavy atom. The minimum atomic E-state index is -1.08. The Labute approximate surface area is 130 Å². The van der Waals surface area contributed by atoms with Gasteiger partial charge in [0.15, 0.2) is 6.10 Å². The van der Waals surface area contributed by atoms with Gasteiger partial charge in [0.25, 0.3) is 0 Å². The summed E-state index contributed by atoms with van der Waals surface area (Å²) in [4.78, 5) is 22.0. The molecule has 5 nitrogen and oxygen atoms in total. The van der Waals surface area contributed by atoms with Crippen LogP contribution in [0.3, 0.4) is 0 Å². The number of carbonyl (C=O) groups excluding carboxylic acids is 1. The summed E-state index contributed by atoms with van der Waals surface area (Å²) in [6, 6.07) is 9.33. The summed E-state index contributed by atoms with van der Waals surface area (Å²) >= 11 is 0. The number of ether oxygens (including phenoxy) is 1. The highest BCUT2D eigenvalue weighted by atomic mass is 16.5. The van der Waals surface area contributed by atoms with Crippen molar-refractivity contribution < 1.29 is 24.5 Å². The minimum Gasteiger partial charge on any atom is -0.481 e. The highest BCUT2D eigenvalue weighted by molar-refractivity contribution is 5.74. The van der Waals surface area contributed by atoms with Crippen molar-refractivity contribution in [2.75, 3.05) is 0 Å². The largest absolute Gasteiger partial charge is 0.481 e. The summed E-state index contributed by atoms with van der Waals surface area (Å²) in [7, 11) is 0. The fourth-order valence-electron chi connectivity index (χ4n) is 2.09. The zero-order valence-electron chi connectivity index (χ0n) is 12.7. The van der Waals surface area contributed by atoms with Crippen molar-refractivity contribution in [3.8, 4) is 0 Å². The van der Waals surface area contributed by atoms with Gasteiger partial charge in [0, 0.05) is 6.42 Å². The average Bonchev–Trinajstić information content (AvgIpc) is 2.52. The van der Waals surface area contributed by atoms with Crippen molar-refractivity contribution in [1.29, 1.82) is 0 Å². The lowest BCUT2D eigenvalue weighted by Gasteiger charge is -2.10. The van der Waals surface area contributed by atoms with E-state index in [0.29, 0.717) is 12.8 Å². The Morgan fingerprint density at radius 3 is 2.32 bits per heavy atom. The van der Waals surface area contributed by atoms with E-state index in [9.17, 15) is 14.7 Å². The lowest BCUT2D eigenvalue weighted by Crippen LogP contribution is -2.22. The number of aliphatic hydroxyl groups excluding tert-OH is 1. The predicted octanol–water partition coefficient (Wildman–Crippen LogP) is 2.91. The number of hydrogen-bond acceptors (Lipinski definition) is 4. The molecule has 1 unspecified atom stereocenters. The first-order chi connectivity index (χ1) is 10.6. The molecule has 0 saturated heterocycles. The molecule has 122 valence electrons. The first-order valence-electron chi connectivity index (χ1n) is 7.70. The molecule has 0 spiro atoms. The number of hydrogen-bond donors (Lipinski definition) is 2. The van der Waals surface area contributed by atoms with Crippen LogP contribution in [0.15, 0.2) is 30.3 Å². The molecule has 2 N–H and O–H groups in total. The van der Waals surface area contributed by atoms with E-state index in [1.807, 2.05) is 30.3 Å². The lowest BCUT2D eigenvalue weighted by molar-refractivity contribution is -0.155. The number of aliphatic hydroxyl groups is 1. The number of carboxylic acids is 1. The van der Waals surface area contributed by atoms with Crippen LogP contribution < -0.4 is 0 Å². The molecule has 0 amide bonds. The molecular formula is C17H24O5. The molecule has 1 aromatic carbocycles. The van der Waals surface area contributed by atoms with Gasteiger partial charge >= 0.3 is 11.9 Å². The molecule has 0 aliphatic rings. The van der Waals surface area contributed by atoms with Crippen LogP contribution in [-0.4, -0.2) is 28.3 Å². The molecule has 0 fully saturated rings. The normalized spacial score (nSPS) is 11.9. The topological polar surface area (TPSA) is 83.8 Å². The molecule has 0 heterocycles. The summed E-state index contributed by atoms with van der Waals surface area (Å²) in [5.74, 6) is -1.36. The third-order valence-electron chi connectivity index (χ3n) is 3.36. The predicted molar refractivity (Wildman–Crippen MR) is 82.2 cm³/mol. The summed E-state index contributed by atoms with van der Waals surface area (Å²) < 4.78 is 5.06. The summed E-state index contributed by atoms with van der Waals surface area (Å²) in [6.07, 6.45) is 3.57. The van der Waals surface area contributed by atoms with E-state index in [0.717, 1.165) is 31.2 Å². The van der Waals surface area contributed by atoms with Gasteiger partial charge in [0.05, 0.1) is 0 Å². The van der Waals surface area contributed by atoms with Crippen LogP contribution >= 0.6 is 0 Å². The quantitative estimate of drug-likeness (QED) is 0.485. The van der Waals surface area contributed by atoms with Crippen molar-refractivity contribution >= 4 is 11.9 Å². The zero-order valence-corrected chi connectivity index (χ0v) is 12.7. The van der Waals surface area contributed by atoms with Crippen LogP contribution in [0.1, 0.15) is 50.5 Å². The van der Waals surface area contributed by atoms with E-state index in [-0.39, 0.29) is 13.0 Å². The molecule has 0 bridgehead atoms. The van der Waals surface area contributed by atoms with E-state index in [1.54, 1.807) is 0 Å². The van der Waals surface area contributed by atoms with Crippen LogP contribution in [0.2, 0.25) is 0 Å². The van der Waals surface area contributed by atoms with Crippen LogP contribution in [0.4, 0.5) is 0 Å². The minimum absolute atomic E-state index is 0.173. The molecule has 5 heteroatoms. The van der Waals surface area contributed by atoms with Crippen LogP contribution in [0.5, 0.6) is 0 Å². The number of rotatable bonds is 11. The van der Waals surface area contributed by atoms with Crippen molar-refractivity contribution in [1.82, 2.24) is 0 Å². The lowest BCUT2D eigenvalue weighted by atomic mass is 10.1. The van der Waals surface area contributed by atoms with E-state index in [4.69, 9.17) is 9.84 Å². The molecule has 0 aliphatic carbocycles.